The van der Waals surface area contributed by atoms with Crippen molar-refractivity contribution in [1.82, 2.24) is 25.7 Å². The van der Waals surface area contributed by atoms with Crippen LogP contribution in [0.1, 0.15) is 19.8 Å². The highest BCUT2D eigenvalue weighted by Gasteiger charge is 2.03. The van der Waals surface area contributed by atoms with Crippen molar-refractivity contribution in [2.45, 2.75) is 26.3 Å². The Hall–Kier alpha value is -2.05. The molecule has 1 rings (SSSR count). The van der Waals surface area contributed by atoms with Gasteiger partial charge in [-0.25, -0.2) is 4.79 Å². The minimum absolute atomic E-state index is 0.00495. The number of carbonyl (C=O) groups excluding carboxylic acids is 2. The van der Waals surface area contributed by atoms with Gasteiger partial charge in [0.1, 0.15) is 0 Å². The molecule has 3 N–H and O–H groups in total. The number of hydrogen-bond donors (Lipinski definition) is 3. The van der Waals surface area contributed by atoms with Gasteiger partial charge in [0.2, 0.25) is 5.91 Å². The van der Waals surface area contributed by atoms with E-state index < -0.39 is 0 Å². The summed E-state index contributed by atoms with van der Waals surface area (Å²) in [4.78, 5) is 22.6. The lowest BCUT2D eigenvalue weighted by atomic mass is 10.4. The van der Waals surface area contributed by atoms with Crippen molar-refractivity contribution in [2.75, 3.05) is 19.6 Å². The quantitative estimate of drug-likeness (QED) is 0.584. The topological polar surface area (TPSA) is 88.0 Å². The molecule has 0 spiro atoms. The Labute approximate surface area is 112 Å². The molecule has 1 aromatic heterocycles. The predicted octanol–water partition coefficient (Wildman–Crippen LogP) is 0.0986. The van der Waals surface area contributed by atoms with Crippen molar-refractivity contribution in [2.24, 2.45) is 0 Å². The molecule has 0 bridgehead atoms. The maximum atomic E-state index is 11.4. The van der Waals surface area contributed by atoms with E-state index in [1.165, 1.54) is 0 Å². The molecule has 106 valence electrons. The largest absolute Gasteiger partial charge is 0.355 e. The Morgan fingerprint density at radius 1 is 1.21 bits per heavy atom. The number of aryl methyl sites for hydroxylation is 1. The zero-order chi connectivity index (χ0) is 13.9. The molecule has 7 heteroatoms. The SMILES string of the molecule is CCCNC(=O)CNC(=O)NCCCn1cccn1. The summed E-state index contributed by atoms with van der Waals surface area (Å²) in [5.41, 5.74) is 0. The van der Waals surface area contributed by atoms with Crippen LogP contribution < -0.4 is 16.0 Å². The van der Waals surface area contributed by atoms with Crippen LogP contribution in [-0.4, -0.2) is 41.4 Å². The number of hydrogen-bond acceptors (Lipinski definition) is 3. The summed E-state index contributed by atoms with van der Waals surface area (Å²) in [6.45, 7) is 3.91. The third-order valence-electron chi connectivity index (χ3n) is 2.39. The first kappa shape index (κ1) is 15.0. The first-order chi connectivity index (χ1) is 9.22. The van der Waals surface area contributed by atoms with Gasteiger partial charge in [-0.1, -0.05) is 6.92 Å². The van der Waals surface area contributed by atoms with E-state index in [1.54, 1.807) is 10.9 Å². The highest BCUT2D eigenvalue weighted by atomic mass is 16.2. The number of amides is 3. The average Bonchev–Trinajstić information content (AvgIpc) is 2.92. The lowest BCUT2D eigenvalue weighted by Gasteiger charge is -2.08. The third kappa shape index (κ3) is 7.07. The first-order valence-electron chi connectivity index (χ1n) is 6.48. The van der Waals surface area contributed by atoms with Gasteiger partial charge in [-0.2, -0.15) is 5.10 Å². The Bertz CT molecular complexity index is 377. The van der Waals surface area contributed by atoms with Crippen LogP contribution in [0.3, 0.4) is 0 Å². The summed E-state index contributed by atoms with van der Waals surface area (Å²) in [5, 5.41) is 11.9. The van der Waals surface area contributed by atoms with E-state index in [4.69, 9.17) is 0 Å². The van der Waals surface area contributed by atoms with E-state index >= 15 is 0 Å². The predicted molar refractivity (Wildman–Crippen MR) is 71.5 cm³/mol. The van der Waals surface area contributed by atoms with Crippen LogP contribution in [0.15, 0.2) is 18.5 Å². The van der Waals surface area contributed by atoms with Gasteiger partial charge in [-0.05, 0) is 18.9 Å². The van der Waals surface area contributed by atoms with E-state index in [-0.39, 0.29) is 18.5 Å². The molecular weight excluding hydrogens is 246 g/mol. The van der Waals surface area contributed by atoms with Gasteiger partial charge < -0.3 is 16.0 Å². The Balaban J connectivity index is 2.00. The minimum Gasteiger partial charge on any atom is -0.355 e. The van der Waals surface area contributed by atoms with Crippen LogP contribution in [0, 0.1) is 0 Å². The number of nitrogens with zero attached hydrogens (tertiary/aromatic N) is 2. The number of aromatic nitrogens is 2. The molecule has 0 aliphatic carbocycles. The summed E-state index contributed by atoms with van der Waals surface area (Å²) in [6.07, 6.45) is 5.26. The van der Waals surface area contributed by atoms with Crippen molar-refractivity contribution in [3.05, 3.63) is 18.5 Å². The molecule has 19 heavy (non-hydrogen) atoms. The number of urea groups is 1. The van der Waals surface area contributed by atoms with E-state index in [9.17, 15) is 9.59 Å². The monoisotopic (exact) mass is 267 g/mol. The molecular formula is C12H21N5O2. The van der Waals surface area contributed by atoms with Gasteiger partial charge in [0, 0.05) is 32.0 Å². The fourth-order valence-electron chi connectivity index (χ4n) is 1.43. The van der Waals surface area contributed by atoms with Gasteiger partial charge in [-0.3, -0.25) is 9.48 Å². The van der Waals surface area contributed by atoms with E-state index in [1.807, 2.05) is 19.2 Å². The van der Waals surface area contributed by atoms with Gasteiger partial charge in [0.15, 0.2) is 0 Å². The standard InChI is InChI=1S/C12H21N5O2/c1-2-5-13-11(18)10-15-12(19)14-6-3-8-17-9-4-7-16-17/h4,7,9H,2-3,5-6,8,10H2,1H3,(H,13,18)(H2,14,15,19). The first-order valence-corrected chi connectivity index (χ1v) is 6.48. The Morgan fingerprint density at radius 2 is 2.05 bits per heavy atom. The summed E-state index contributed by atoms with van der Waals surface area (Å²) in [6, 6.07) is 1.53. The molecule has 0 aromatic carbocycles. The molecule has 0 saturated heterocycles. The van der Waals surface area contributed by atoms with Crippen LogP contribution in [0.2, 0.25) is 0 Å². The summed E-state index contributed by atoms with van der Waals surface area (Å²) in [5.74, 6) is -0.173. The molecule has 0 radical (unpaired) electrons. The van der Waals surface area contributed by atoms with Crippen LogP contribution in [-0.2, 0) is 11.3 Å². The third-order valence-corrected chi connectivity index (χ3v) is 2.39. The van der Waals surface area contributed by atoms with Crippen molar-refractivity contribution in [1.29, 1.82) is 0 Å². The van der Waals surface area contributed by atoms with Crippen LogP contribution in [0.25, 0.3) is 0 Å². The molecule has 0 fully saturated rings. The molecule has 0 aliphatic rings. The van der Waals surface area contributed by atoms with Gasteiger partial charge in [0.05, 0.1) is 6.54 Å². The van der Waals surface area contributed by atoms with E-state index in [0.29, 0.717) is 13.1 Å². The number of rotatable bonds is 8. The van der Waals surface area contributed by atoms with Crippen LogP contribution in [0.4, 0.5) is 4.79 Å². The smallest absolute Gasteiger partial charge is 0.315 e. The maximum absolute atomic E-state index is 11.4. The van der Waals surface area contributed by atoms with Crippen molar-refractivity contribution >= 4 is 11.9 Å². The fourth-order valence-corrected chi connectivity index (χ4v) is 1.43. The lowest BCUT2D eigenvalue weighted by Crippen LogP contribution is -2.42. The van der Waals surface area contributed by atoms with E-state index in [0.717, 1.165) is 19.4 Å². The van der Waals surface area contributed by atoms with Crippen molar-refractivity contribution in [3.63, 3.8) is 0 Å². The molecule has 0 unspecified atom stereocenters. The second-order valence-corrected chi connectivity index (χ2v) is 4.08. The zero-order valence-electron chi connectivity index (χ0n) is 11.2. The molecule has 3 amide bonds. The molecule has 0 aliphatic heterocycles. The van der Waals surface area contributed by atoms with Gasteiger partial charge in [-0.15, -0.1) is 0 Å². The van der Waals surface area contributed by atoms with Gasteiger partial charge in [0.25, 0.3) is 0 Å². The number of carbonyl (C=O) groups is 2. The summed E-state index contributed by atoms with van der Waals surface area (Å²) in [7, 11) is 0. The van der Waals surface area contributed by atoms with E-state index in [2.05, 4.69) is 21.0 Å². The van der Waals surface area contributed by atoms with Gasteiger partial charge >= 0.3 is 6.03 Å². The summed E-state index contributed by atoms with van der Waals surface area (Å²) < 4.78 is 1.80. The second kappa shape index (κ2) is 8.96. The second-order valence-electron chi connectivity index (χ2n) is 4.08. The average molecular weight is 267 g/mol. The molecule has 0 atom stereocenters. The molecule has 1 heterocycles. The maximum Gasteiger partial charge on any atom is 0.315 e. The minimum atomic E-state index is -0.327. The highest BCUT2D eigenvalue weighted by Crippen LogP contribution is 1.87. The van der Waals surface area contributed by atoms with Crippen LogP contribution in [0.5, 0.6) is 0 Å². The molecule has 0 saturated carbocycles. The fraction of sp³-hybridized carbons (Fsp3) is 0.583. The zero-order valence-corrected chi connectivity index (χ0v) is 11.2. The molecule has 1 aromatic rings. The van der Waals surface area contributed by atoms with Crippen molar-refractivity contribution < 1.29 is 9.59 Å². The van der Waals surface area contributed by atoms with Crippen molar-refractivity contribution in [3.8, 4) is 0 Å². The Morgan fingerprint density at radius 3 is 2.74 bits per heavy atom. The summed E-state index contributed by atoms with van der Waals surface area (Å²) >= 11 is 0. The molecule has 7 nitrogen and oxygen atoms in total. The highest BCUT2D eigenvalue weighted by molar-refractivity contribution is 5.83. The lowest BCUT2D eigenvalue weighted by molar-refractivity contribution is -0.120. The normalized spacial score (nSPS) is 9.95. The Kier molecular flexibility index (Phi) is 7.08. The van der Waals surface area contributed by atoms with Crippen LogP contribution >= 0.6 is 0 Å². The number of nitrogens with one attached hydrogen (secondary N) is 3.